The molecule has 3 aromatic rings. The number of fused-ring (bicyclic) bond motifs is 1. The molecule has 1 aliphatic heterocycles. The number of allylic oxidation sites excluding steroid dienone is 2. The lowest BCUT2D eigenvalue weighted by atomic mass is 10.1. The van der Waals surface area contributed by atoms with E-state index in [0.717, 1.165) is 21.7 Å². The number of aromatic nitrogens is 2. The number of aromatic hydroxyl groups is 1. The van der Waals surface area contributed by atoms with Crippen molar-refractivity contribution in [3.8, 4) is 5.88 Å². The van der Waals surface area contributed by atoms with Gasteiger partial charge in [-0.25, -0.2) is 4.98 Å². The molecule has 1 aromatic carbocycles. The summed E-state index contributed by atoms with van der Waals surface area (Å²) in [5.41, 5.74) is 2.97. The summed E-state index contributed by atoms with van der Waals surface area (Å²) in [7, 11) is 0. The summed E-state index contributed by atoms with van der Waals surface area (Å²) >= 11 is 2.87. The van der Waals surface area contributed by atoms with Crippen molar-refractivity contribution in [2.45, 2.75) is 6.54 Å². The van der Waals surface area contributed by atoms with Crippen LogP contribution in [0.5, 0.6) is 5.88 Å². The molecule has 0 bridgehead atoms. The van der Waals surface area contributed by atoms with Gasteiger partial charge in [0.2, 0.25) is 11.0 Å². The van der Waals surface area contributed by atoms with E-state index in [0.29, 0.717) is 16.5 Å². The number of rotatable bonds is 4. The summed E-state index contributed by atoms with van der Waals surface area (Å²) in [5, 5.41) is 13.2. The van der Waals surface area contributed by atoms with Gasteiger partial charge in [-0.05, 0) is 12.1 Å². The topological polar surface area (TPSA) is 62.8 Å². The van der Waals surface area contributed by atoms with E-state index in [2.05, 4.69) is 21.5 Å². The van der Waals surface area contributed by atoms with Crippen molar-refractivity contribution >= 4 is 51.4 Å². The third-order valence-corrected chi connectivity index (χ3v) is 5.35. The van der Waals surface area contributed by atoms with Gasteiger partial charge in [0.15, 0.2) is 4.80 Å². The van der Waals surface area contributed by atoms with Crippen LogP contribution in [0.15, 0.2) is 58.5 Å². The molecule has 5 nitrogen and oxygen atoms in total. The van der Waals surface area contributed by atoms with Crippen LogP contribution in [0.25, 0.3) is 11.6 Å². The Morgan fingerprint density at radius 3 is 3.00 bits per heavy atom. The van der Waals surface area contributed by atoms with Crippen LogP contribution in [0.3, 0.4) is 0 Å². The van der Waals surface area contributed by atoms with Gasteiger partial charge < -0.3 is 5.11 Å². The molecule has 1 aliphatic rings. The molecule has 3 heterocycles. The lowest BCUT2D eigenvalue weighted by molar-refractivity contribution is 0.421. The number of para-hydroxylation sites is 1. The number of hydrogen-bond donors (Lipinski definition) is 1. The van der Waals surface area contributed by atoms with Crippen molar-refractivity contribution < 1.29 is 5.11 Å². The molecule has 0 atom stereocenters. The van der Waals surface area contributed by atoms with Crippen LogP contribution in [-0.4, -0.2) is 20.9 Å². The molecule has 0 spiro atoms. The van der Waals surface area contributed by atoms with Gasteiger partial charge in [0.05, 0.1) is 10.6 Å². The number of aliphatic imine (C=N–C) groups is 1. The quantitative estimate of drug-likeness (QED) is 0.696. The van der Waals surface area contributed by atoms with Crippen molar-refractivity contribution in [2.24, 2.45) is 9.98 Å². The molecular formula is C18H14N4OS2. The van der Waals surface area contributed by atoms with E-state index in [1.54, 1.807) is 16.8 Å². The summed E-state index contributed by atoms with van der Waals surface area (Å²) in [6.07, 6.45) is 7.20. The molecule has 25 heavy (non-hydrogen) atoms. The molecule has 0 saturated carbocycles. The first kappa shape index (κ1) is 15.7. The summed E-state index contributed by atoms with van der Waals surface area (Å²) < 4.78 is 1.73. The fourth-order valence-corrected chi connectivity index (χ4v) is 4.09. The SMILES string of the molecule is C=CCn1c(O)c(C=C2C=Nc3ccccc32)sc1=Nc1nccs1. The van der Waals surface area contributed by atoms with E-state index < -0.39 is 0 Å². The first-order valence-corrected chi connectivity index (χ1v) is 9.29. The van der Waals surface area contributed by atoms with Gasteiger partial charge in [-0.3, -0.25) is 9.56 Å². The Morgan fingerprint density at radius 1 is 1.32 bits per heavy atom. The number of nitrogens with zero attached hydrogens (tertiary/aromatic N) is 4. The summed E-state index contributed by atoms with van der Waals surface area (Å²) in [5.74, 6) is 0.172. The zero-order valence-corrected chi connectivity index (χ0v) is 14.8. The molecule has 0 unspecified atom stereocenters. The minimum absolute atomic E-state index is 0.172. The molecule has 4 rings (SSSR count). The van der Waals surface area contributed by atoms with Crippen molar-refractivity contribution in [1.29, 1.82) is 0 Å². The highest BCUT2D eigenvalue weighted by Crippen LogP contribution is 2.34. The molecule has 0 saturated heterocycles. The molecule has 0 aliphatic carbocycles. The smallest absolute Gasteiger partial charge is 0.211 e. The molecular weight excluding hydrogens is 352 g/mol. The Balaban J connectivity index is 1.83. The van der Waals surface area contributed by atoms with Crippen LogP contribution in [0.4, 0.5) is 10.8 Å². The van der Waals surface area contributed by atoms with E-state index in [4.69, 9.17) is 0 Å². The summed E-state index contributed by atoms with van der Waals surface area (Å²) in [6.45, 7) is 4.23. The van der Waals surface area contributed by atoms with Gasteiger partial charge >= 0.3 is 0 Å². The van der Waals surface area contributed by atoms with Crippen molar-refractivity contribution in [3.05, 3.63) is 63.7 Å². The third-order valence-electron chi connectivity index (χ3n) is 3.67. The van der Waals surface area contributed by atoms with Gasteiger partial charge in [-0.1, -0.05) is 35.6 Å². The van der Waals surface area contributed by atoms with Crippen LogP contribution < -0.4 is 4.80 Å². The predicted octanol–water partition coefficient (Wildman–Crippen LogP) is 4.39. The lowest BCUT2D eigenvalue weighted by Gasteiger charge is -2.01. The maximum atomic E-state index is 10.6. The second-order valence-corrected chi connectivity index (χ2v) is 7.16. The normalized spacial score (nSPS) is 15.0. The second-order valence-electron chi connectivity index (χ2n) is 5.27. The minimum Gasteiger partial charge on any atom is -0.493 e. The van der Waals surface area contributed by atoms with Crippen LogP contribution in [-0.2, 0) is 6.54 Å². The Labute approximate surface area is 152 Å². The van der Waals surface area contributed by atoms with Crippen LogP contribution in [0, 0.1) is 0 Å². The van der Waals surface area contributed by atoms with E-state index in [9.17, 15) is 5.11 Å². The molecule has 1 N–H and O–H groups in total. The number of benzene rings is 1. The molecule has 0 radical (unpaired) electrons. The maximum absolute atomic E-state index is 10.6. The number of hydrogen-bond acceptors (Lipinski definition) is 6. The summed E-state index contributed by atoms with van der Waals surface area (Å²) in [6, 6.07) is 7.95. The third kappa shape index (κ3) is 2.99. The highest BCUT2D eigenvalue weighted by atomic mass is 32.1. The first-order valence-electron chi connectivity index (χ1n) is 7.59. The average Bonchev–Trinajstić information content (AvgIpc) is 3.33. The Bertz CT molecular complexity index is 1060. The second kappa shape index (κ2) is 6.62. The van der Waals surface area contributed by atoms with Crippen LogP contribution in [0.2, 0.25) is 0 Å². The minimum atomic E-state index is 0.172. The fourth-order valence-electron chi connectivity index (χ4n) is 2.54. The highest BCUT2D eigenvalue weighted by Gasteiger charge is 2.15. The van der Waals surface area contributed by atoms with Crippen molar-refractivity contribution in [2.75, 3.05) is 0 Å². The van der Waals surface area contributed by atoms with Gasteiger partial charge in [0, 0.05) is 35.5 Å². The van der Waals surface area contributed by atoms with Gasteiger partial charge in [0.25, 0.3) is 0 Å². The van der Waals surface area contributed by atoms with Crippen molar-refractivity contribution in [3.63, 3.8) is 0 Å². The van der Waals surface area contributed by atoms with E-state index in [1.807, 2.05) is 41.9 Å². The fraction of sp³-hybridized carbons (Fsp3) is 0.0556. The zero-order chi connectivity index (χ0) is 17.2. The largest absolute Gasteiger partial charge is 0.493 e. The molecule has 0 amide bonds. The Morgan fingerprint density at radius 2 is 2.20 bits per heavy atom. The maximum Gasteiger partial charge on any atom is 0.211 e. The summed E-state index contributed by atoms with van der Waals surface area (Å²) in [4.78, 5) is 14.5. The van der Waals surface area contributed by atoms with E-state index in [1.165, 1.54) is 22.7 Å². The van der Waals surface area contributed by atoms with Crippen LogP contribution in [0.1, 0.15) is 10.4 Å². The van der Waals surface area contributed by atoms with Crippen LogP contribution >= 0.6 is 22.7 Å². The predicted molar refractivity (Wildman–Crippen MR) is 104 cm³/mol. The number of thiazole rings is 2. The Kier molecular flexibility index (Phi) is 4.17. The molecule has 124 valence electrons. The zero-order valence-electron chi connectivity index (χ0n) is 13.2. The molecule has 0 fully saturated rings. The van der Waals surface area contributed by atoms with Gasteiger partial charge in [0.1, 0.15) is 0 Å². The average molecular weight is 366 g/mol. The van der Waals surface area contributed by atoms with Gasteiger partial charge in [-0.15, -0.1) is 17.9 Å². The highest BCUT2D eigenvalue weighted by molar-refractivity contribution is 7.13. The monoisotopic (exact) mass is 366 g/mol. The first-order chi connectivity index (χ1) is 12.3. The van der Waals surface area contributed by atoms with E-state index >= 15 is 0 Å². The van der Waals surface area contributed by atoms with E-state index in [-0.39, 0.29) is 5.88 Å². The molecule has 7 heteroatoms. The molecule has 2 aromatic heterocycles. The van der Waals surface area contributed by atoms with Gasteiger partial charge in [-0.2, -0.15) is 4.99 Å². The lowest BCUT2D eigenvalue weighted by Crippen LogP contribution is -2.12. The standard InChI is InChI=1S/C18H14N4OS2/c1-2-8-22-16(23)15(25-18(22)21-17-19-7-9-24-17)10-12-11-20-14-6-4-3-5-13(12)14/h2-7,9-11,23H,1,8H2. The Hall–Kier alpha value is -2.77. The van der Waals surface area contributed by atoms with Crippen molar-refractivity contribution in [1.82, 2.24) is 9.55 Å².